The van der Waals surface area contributed by atoms with Crippen molar-refractivity contribution >= 4 is 17.7 Å². The molecule has 0 aromatic heterocycles. The Kier molecular flexibility index (Phi) is 7.17. The van der Waals surface area contributed by atoms with Gasteiger partial charge in [0.05, 0.1) is 12.6 Å². The van der Waals surface area contributed by atoms with Crippen LogP contribution in [0, 0.1) is 5.82 Å². The molecule has 1 aliphatic heterocycles. The van der Waals surface area contributed by atoms with Crippen molar-refractivity contribution in [1.82, 2.24) is 10.2 Å². The molecule has 1 fully saturated rings. The number of nitrogens with zero attached hydrogens (tertiary/aromatic N) is 2. The van der Waals surface area contributed by atoms with Crippen molar-refractivity contribution in [3.8, 4) is 0 Å². The second-order valence-electron chi connectivity index (χ2n) is 5.71. The predicted molar refractivity (Wildman–Crippen MR) is 95.6 cm³/mol. The fourth-order valence-electron chi connectivity index (χ4n) is 2.73. The Labute approximate surface area is 142 Å². The first-order valence-corrected chi connectivity index (χ1v) is 9.39. The Morgan fingerprint density at radius 1 is 1.39 bits per heavy atom. The maximum atomic E-state index is 13.1. The van der Waals surface area contributed by atoms with Gasteiger partial charge in [0.1, 0.15) is 11.9 Å². The highest BCUT2D eigenvalue weighted by molar-refractivity contribution is 7.98. The summed E-state index contributed by atoms with van der Waals surface area (Å²) in [6.45, 7) is 4.50. The molecule has 0 spiro atoms. The van der Waals surface area contributed by atoms with E-state index in [1.807, 2.05) is 18.8 Å². The monoisotopic (exact) mass is 339 g/mol. The van der Waals surface area contributed by atoms with E-state index in [1.165, 1.54) is 12.1 Å². The van der Waals surface area contributed by atoms with E-state index in [9.17, 15) is 4.39 Å². The standard InChI is InChI=1S/C17H26FN3OS/c1-13-11-21(17(19-2)20-9-4-10-23-3)12-16(22-13)14-5-7-15(18)8-6-14/h5-8,13,16H,4,9-12H2,1-3H3,(H,19,20). The van der Waals surface area contributed by atoms with Crippen molar-refractivity contribution in [2.45, 2.75) is 25.6 Å². The number of hydrogen-bond acceptors (Lipinski definition) is 3. The third kappa shape index (κ3) is 5.39. The second-order valence-corrected chi connectivity index (χ2v) is 6.70. The molecule has 1 saturated heterocycles. The van der Waals surface area contributed by atoms with Gasteiger partial charge in [0, 0.05) is 20.1 Å². The van der Waals surface area contributed by atoms with Gasteiger partial charge < -0.3 is 15.0 Å². The van der Waals surface area contributed by atoms with Gasteiger partial charge >= 0.3 is 0 Å². The average molecular weight is 339 g/mol. The summed E-state index contributed by atoms with van der Waals surface area (Å²) in [5.74, 6) is 1.83. The van der Waals surface area contributed by atoms with Crippen LogP contribution in [0.2, 0.25) is 0 Å². The Hall–Kier alpha value is -1.27. The molecule has 23 heavy (non-hydrogen) atoms. The first-order chi connectivity index (χ1) is 11.1. The molecule has 1 aromatic rings. The van der Waals surface area contributed by atoms with Crippen LogP contribution < -0.4 is 5.32 Å². The molecule has 2 unspecified atom stereocenters. The van der Waals surface area contributed by atoms with E-state index in [-0.39, 0.29) is 18.0 Å². The average Bonchev–Trinajstić information content (AvgIpc) is 2.55. The third-order valence-corrected chi connectivity index (χ3v) is 4.52. The van der Waals surface area contributed by atoms with Crippen molar-refractivity contribution in [2.24, 2.45) is 4.99 Å². The number of halogens is 1. The Morgan fingerprint density at radius 3 is 2.78 bits per heavy atom. The van der Waals surface area contributed by atoms with E-state index < -0.39 is 0 Å². The van der Waals surface area contributed by atoms with Crippen molar-refractivity contribution in [2.75, 3.05) is 38.7 Å². The SMILES string of the molecule is CN=C(NCCCSC)N1CC(C)OC(c2ccc(F)cc2)C1. The molecular formula is C17H26FN3OS. The molecule has 0 bridgehead atoms. The van der Waals surface area contributed by atoms with Crippen LogP contribution >= 0.6 is 11.8 Å². The van der Waals surface area contributed by atoms with Crippen LogP contribution in [0.15, 0.2) is 29.3 Å². The van der Waals surface area contributed by atoms with E-state index in [1.54, 1.807) is 12.1 Å². The number of morpholine rings is 1. The molecule has 2 atom stereocenters. The van der Waals surface area contributed by atoms with Crippen LogP contribution in [0.4, 0.5) is 4.39 Å². The normalized spacial score (nSPS) is 22.3. The lowest BCUT2D eigenvalue weighted by atomic mass is 10.1. The molecule has 1 aromatic carbocycles. The van der Waals surface area contributed by atoms with Gasteiger partial charge in [0.2, 0.25) is 0 Å². The number of ether oxygens (including phenoxy) is 1. The first-order valence-electron chi connectivity index (χ1n) is 7.99. The van der Waals surface area contributed by atoms with Gasteiger partial charge in [-0.3, -0.25) is 4.99 Å². The van der Waals surface area contributed by atoms with Crippen LogP contribution in [0.1, 0.15) is 25.0 Å². The van der Waals surface area contributed by atoms with E-state index in [0.29, 0.717) is 0 Å². The molecule has 2 rings (SSSR count). The molecule has 1 N–H and O–H groups in total. The van der Waals surface area contributed by atoms with Gasteiger partial charge in [-0.05, 0) is 43.0 Å². The van der Waals surface area contributed by atoms with Crippen LogP contribution in [-0.4, -0.2) is 55.7 Å². The molecule has 128 valence electrons. The molecule has 0 aliphatic carbocycles. The molecular weight excluding hydrogens is 313 g/mol. The lowest BCUT2D eigenvalue weighted by molar-refractivity contribution is -0.0604. The Morgan fingerprint density at radius 2 is 2.13 bits per heavy atom. The molecule has 1 aliphatic rings. The van der Waals surface area contributed by atoms with E-state index in [4.69, 9.17) is 4.74 Å². The summed E-state index contributed by atoms with van der Waals surface area (Å²) in [4.78, 5) is 6.62. The zero-order chi connectivity index (χ0) is 16.7. The van der Waals surface area contributed by atoms with E-state index in [0.717, 1.165) is 43.3 Å². The quantitative estimate of drug-likeness (QED) is 0.508. The van der Waals surface area contributed by atoms with Gasteiger partial charge in [-0.2, -0.15) is 11.8 Å². The molecule has 1 heterocycles. The number of hydrogen-bond donors (Lipinski definition) is 1. The highest BCUT2D eigenvalue weighted by Gasteiger charge is 2.28. The first kappa shape index (κ1) is 18.1. The summed E-state index contributed by atoms with van der Waals surface area (Å²) in [6, 6.07) is 6.56. The largest absolute Gasteiger partial charge is 0.367 e. The second kappa shape index (κ2) is 9.13. The third-order valence-electron chi connectivity index (χ3n) is 3.82. The Bertz CT molecular complexity index is 509. The van der Waals surface area contributed by atoms with Crippen molar-refractivity contribution in [3.63, 3.8) is 0 Å². The highest BCUT2D eigenvalue weighted by atomic mass is 32.2. The molecule has 0 amide bonds. The van der Waals surface area contributed by atoms with Gasteiger partial charge in [-0.25, -0.2) is 4.39 Å². The van der Waals surface area contributed by atoms with Crippen LogP contribution in [-0.2, 0) is 4.74 Å². The van der Waals surface area contributed by atoms with Gasteiger partial charge in [0.25, 0.3) is 0 Å². The summed E-state index contributed by atoms with van der Waals surface area (Å²) < 4.78 is 19.1. The van der Waals surface area contributed by atoms with Gasteiger partial charge in [0.15, 0.2) is 5.96 Å². The number of thioether (sulfide) groups is 1. The number of aliphatic imine (C=N–C) groups is 1. The lowest BCUT2D eigenvalue weighted by Gasteiger charge is -2.38. The predicted octanol–water partition coefficient (Wildman–Crippen LogP) is 2.92. The van der Waals surface area contributed by atoms with Crippen molar-refractivity contribution in [1.29, 1.82) is 0 Å². The fourth-order valence-corrected chi connectivity index (χ4v) is 3.17. The smallest absolute Gasteiger partial charge is 0.193 e. The maximum absolute atomic E-state index is 13.1. The molecule has 0 saturated carbocycles. The fraction of sp³-hybridized carbons (Fsp3) is 0.588. The van der Waals surface area contributed by atoms with Crippen LogP contribution in [0.3, 0.4) is 0 Å². The molecule has 4 nitrogen and oxygen atoms in total. The van der Waals surface area contributed by atoms with Crippen LogP contribution in [0.25, 0.3) is 0 Å². The minimum Gasteiger partial charge on any atom is -0.367 e. The topological polar surface area (TPSA) is 36.9 Å². The minimum atomic E-state index is -0.222. The number of nitrogens with one attached hydrogen (secondary N) is 1. The zero-order valence-electron chi connectivity index (χ0n) is 14.1. The van der Waals surface area contributed by atoms with Crippen LogP contribution in [0.5, 0.6) is 0 Å². The van der Waals surface area contributed by atoms with Crippen molar-refractivity contribution in [3.05, 3.63) is 35.6 Å². The summed E-state index contributed by atoms with van der Waals surface area (Å²) >= 11 is 1.85. The van der Waals surface area contributed by atoms with Crippen molar-refractivity contribution < 1.29 is 9.13 Å². The van der Waals surface area contributed by atoms with E-state index in [2.05, 4.69) is 28.4 Å². The summed E-state index contributed by atoms with van der Waals surface area (Å²) in [7, 11) is 1.81. The van der Waals surface area contributed by atoms with Gasteiger partial charge in [-0.15, -0.1) is 0 Å². The number of benzene rings is 1. The number of rotatable bonds is 5. The summed E-state index contributed by atoms with van der Waals surface area (Å²) in [5, 5.41) is 3.42. The van der Waals surface area contributed by atoms with E-state index >= 15 is 0 Å². The Balaban J connectivity index is 1.99. The van der Waals surface area contributed by atoms with Gasteiger partial charge in [-0.1, -0.05) is 12.1 Å². The zero-order valence-corrected chi connectivity index (χ0v) is 14.9. The summed E-state index contributed by atoms with van der Waals surface area (Å²) in [5.41, 5.74) is 1.00. The molecule has 0 radical (unpaired) electrons. The molecule has 6 heteroatoms. The summed E-state index contributed by atoms with van der Waals surface area (Å²) in [6.07, 6.45) is 3.26. The minimum absolute atomic E-state index is 0.0657. The lowest BCUT2D eigenvalue weighted by Crippen LogP contribution is -2.50. The number of guanidine groups is 1. The highest BCUT2D eigenvalue weighted by Crippen LogP contribution is 2.25. The maximum Gasteiger partial charge on any atom is 0.193 e.